The largest absolute Gasteiger partial charge is 0.486 e. The smallest absolute Gasteiger partial charge is 0.180 e. The third kappa shape index (κ3) is 2.34. The van der Waals surface area contributed by atoms with Gasteiger partial charge in [-0.25, -0.2) is 19.9 Å². The van der Waals surface area contributed by atoms with Crippen LogP contribution in [0.5, 0.6) is 5.75 Å². The number of anilines is 2. The Bertz CT molecular complexity index is 1110. The van der Waals surface area contributed by atoms with Crippen molar-refractivity contribution in [2.24, 2.45) is 0 Å². The zero-order valence-corrected chi connectivity index (χ0v) is 14.0. The van der Waals surface area contributed by atoms with E-state index in [1.165, 1.54) is 0 Å². The number of aromatic amines is 1. The second kappa shape index (κ2) is 5.76. The first-order chi connectivity index (χ1) is 12.8. The van der Waals surface area contributed by atoms with Crippen molar-refractivity contribution in [3.63, 3.8) is 0 Å². The Morgan fingerprint density at radius 1 is 1.12 bits per heavy atom. The highest BCUT2D eigenvalue weighted by molar-refractivity contribution is 5.91. The molecule has 0 saturated carbocycles. The Morgan fingerprint density at radius 2 is 2.08 bits per heavy atom. The molecule has 5 heterocycles. The second-order valence-electron chi connectivity index (χ2n) is 6.01. The van der Waals surface area contributed by atoms with Gasteiger partial charge in [0.25, 0.3) is 0 Å². The highest BCUT2D eigenvalue weighted by Gasteiger charge is 2.24. The lowest BCUT2D eigenvalue weighted by molar-refractivity contribution is 0.310. The van der Waals surface area contributed by atoms with Crippen molar-refractivity contribution in [2.75, 3.05) is 18.1 Å². The standard InChI is InChI=1S/C18H15N7O/c1-11-3-2-4-13(22-11)17-20-10-15-18(23-17)25(7-8-26-15)14-5-6-19-16-12(14)9-21-24-16/h2-6,9-10H,7-8H2,1H3,(H,19,21,24). The highest BCUT2D eigenvalue weighted by Crippen LogP contribution is 2.37. The van der Waals surface area contributed by atoms with Crippen LogP contribution in [0.2, 0.25) is 0 Å². The molecule has 0 fully saturated rings. The first-order valence-electron chi connectivity index (χ1n) is 8.29. The molecule has 0 amide bonds. The number of fused-ring (bicyclic) bond motifs is 2. The molecule has 1 aliphatic heterocycles. The van der Waals surface area contributed by atoms with Crippen LogP contribution in [0.1, 0.15) is 5.69 Å². The maximum Gasteiger partial charge on any atom is 0.180 e. The Labute approximate surface area is 148 Å². The number of pyridine rings is 2. The summed E-state index contributed by atoms with van der Waals surface area (Å²) >= 11 is 0. The topological polar surface area (TPSA) is 92.7 Å². The molecular formula is C18H15N7O. The lowest BCUT2D eigenvalue weighted by Crippen LogP contribution is -2.30. The molecule has 0 radical (unpaired) electrons. The van der Waals surface area contributed by atoms with Crippen LogP contribution >= 0.6 is 0 Å². The summed E-state index contributed by atoms with van der Waals surface area (Å²) < 4.78 is 5.76. The molecule has 128 valence electrons. The highest BCUT2D eigenvalue weighted by atomic mass is 16.5. The van der Waals surface area contributed by atoms with E-state index in [-0.39, 0.29) is 0 Å². The molecule has 8 nitrogen and oxygen atoms in total. The summed E-state index contributed by atoms with van der Waals surface area (Å²) in [5.74, 6) is 1.94. The van der Waals surface area contributed by atoms with Crippen molar-refractivity contribution >= 4 is 22.5 Å². The third-order valence-corrected chi connectivity index (χ3v) is 4.30. The third-order valence-electron chi connectivity index (χ3n) is 4.30. The summed E-state index contributed by atoms with van der Waals surface area (Å²) in [6.07, 6.45) is 5.24. The van der Waals surface area contributed by atoms with E-state index in [0.29, 0.717) is 24.7 Å². The molecular weight excluding hydrogens is 330 g/mol. The lowest BCUT2D eigenvalue weighted by atomic mass is 10.2. The van der Waals surface area contributed by atoms with Gasteiger partial charge in [-0.3, -0.25) is 5.10 Å². The van der Waals surface area contributed by atoms with Gasteiger partial charge >= 0.3 is 0 Å². The van der Waals surface area contributed by atoms with Crippen molar-refractivity contribution < 1.29 is 4.74 Å². The number of rotatable bonds is 2. The summed E-state index contributed by atoms with van der Waals surface area (Å²) in [6.45, 7) is 3.18. The van der Waals surface area contributed by atoms with E-state index in [1.54, 1.807) is 18.6 Å². The molecule has 0 unspecified atom stereocenters. The van der Waals surface area contributed by atoms with Crippen LogP contribution in [-0.2, 0) is 0 Å². The quantitative estimate of drug-likeness (QED) is 0.597. The Hall–Kier alpha value is -3.55. The van der Waals surface area contributed by atoms with E-state index in [1.807, 2.05) is 31.2 Å². The second-order valence-corrected chi connectivity index (χ2v) is 6.01. The fraction of sp³-hybridized carbons (Fsp3) is 0.167. The predicted octanol–water partition coefficient (Wildman–Crippen LogP) is 2.65. The van der Waals surface area contributed by atoms with E-state index in [2.05, 4.69) is 30.0 Å². The average Bonchev–Trinajstić information content (AvgIpc) is 3.16. The van der Waals surface area contributed by atoms with E-state index in [9.17, 15) is 0 Å². The molecule has 4 aromatic heterocycles. The Kier molecular flexibility index (Phi) is 3.27. The van der Waals surface area contributed by atoms with E-state index in [0.717, 1.165) is 33.9 Å². The van der Waals surface area contributed by atoms with Crippen molar-refractivity contribution in [3.8, 4) is 17.3 Å². The number of hydrogen-bond donors (Lipinski definition) is 1. The van der Waals surface area contributed by atoms with Crippen molar-refractivity contribution in [2.45, 2.75) is 6.92 Å². The lowest BCUT2D eigenvalue weighted by Gasteiger charge is -2.30. The van der Waals surface area contributed by atoms with Crippen molar-refractivity contribution in [1.82, 2.24) is 30.1 Å². The minimum Gasteiger partial charge on any atom is -0.486 e. The molecule has 0 atom stereocenters. The molecule has 0 spiro atoms. The van der Waals surface area contributed by atoms with Gasteiger partial charge in [0, 0.05) is 11.9 Å². The molecule has 1 aliphatic rings. The number of aryl methyl sites for hydroxylation is 1. The van der Waals surface area contributed by atoms with Gasteiger partial charge in [-0.15, -0.1) is 0 Å². The zero-order chi connectivity index (χ0) is 17.5. The Morgan fingerprint density at radius 3 is 3.00 bits per heavy atom. The Balaban J connectivity index is 1.66. The van der Waals surface area contributed by atoms with Crippen LogP contribution in [0.15, 0.2) is 42.9 Å². The van der Waals surface area contributed by atoms with Gasteiger partial charge in [0.05, 0.1) is 30.0 Å². The first kappa shape index (κ1) is 14.8. The normalized spacial score (nSPS) is 13.5. The average molecular weight is 345 g/mol. The first-order valence-corrected chi connectivity index (χ1v) is 8.29. The predicted molar refractivity (Wildman–Crippen MR) is 96.4 cm³/mol. The molecule has 5 rings (SSSR count). The minimum atomic E-state index is 0.556. The molecule has 8 heteroatoms. The summed E-state index contributed by atoms with van der Waals surface area (Å²) in [7, 11) is 0. The van der Waals surface area contributed by atoms with Crippen molar-refractivity contribution in [1.29, 1.82) is 0 Å². The van der Waals surface area contributed by atoms with Crippen LogP contribution in [0, 0.1) is 6.92 Å². The fourth-order valence-electron chi connectivity index (χ4n) is 3.11. The minimum absolute atomic E-state index is 0.556. The summed E-state index contributed by atoms with van der Waals surface area (Å²) in [5.41, 5.74) is 3.38. The molecule has 26 heavy (non-hydrogen) atoms. The van der Waals surface area contributed by atoms with Gasteiger partial charge in [0.15, 0.2) is 23.0 Å². The summed E-state index contributed by atoms with van der Waals surface area (Å²) in [6, 6.07) is 7.76. The van der Waals surface area contributed by atoms with Crippen LogP contribution < -0.4 is 9.64 Å². The summed E-state index contributed by atoms with van der Waals surface area (Å²) in [5, 5.41) is 7.94. The number of nitrogens with one attached hydrogen (secondary N) is 1. The maximum atomic E-state index is 5.76. The van der Waals surface area contributed by atoms with Gasteiger partial charge in [0.1, 0.15) is 12.3 Å². The van der Waals surface area contributed by atoms with E-state index >= 15 is 0 Å². The van der Waals surface area contributed by atoms with Crippen LogP contribution in [0.4, 0.5) is 11.5 Å². The zero-order valence-electron chi connectivity index (χ0n) is 14.0. The monoisotopic (exact) mass is 345 g/mol. The number of H-pyrrole nitrogens is 1. The molecule has 0 aliphatic carbocycles. The molecule has 0 saturated heterocycles. The van der Waals surface area contributed by atoms with E-state index in [4.69, 9.17) is 9.72 Å². The summed E-state index contributed by atoms with van der Waals surface area (Å²) in [4.78, 5) is 20.1. The van der Waals surface area contributed by atoms with Crippen molar-refractivity contribution in [3.05, 3.63) is 48.5 Å². The van der Waals surface area contributed by atoms with Crippen LogP contribution in [0.25, 0.3) is 22.6 Å². The van der Waals surface area contributed by atoms with Gasteiger partial charge in [-0.05, 0) is 25.1 Å². The van der Waals surface area contributed by atoms with Gasteiger partial charge in [-0.2, -0.15) is 5.10 Å². The number of hydrogen-bond acceptors (Lipinski definition) is 7. The molecule has 4 aromatic rings. The van der Waals surface area contributed by atoms with Crippen LogP contribution in [-0.4, -0.2) is 43.3 Å². The van der Waals surface area contributed by atoms with Gasteiger partial charge in [0.2, 0.25) is 0 Å². The van der Waals surface area contributed by atoms with Gasteiger partial charge in [-0.1, -0.05) is 6.07 Å². The molecule has 0 bridgehead atoms. The number of nitrogens with zero attached hydrogens (tertiary/aromatic N) is 6. The molecule has 1 N–H and O–H groups in total. The fourth-order valence-corrected chi connectivity index (χ4v) is 3.11. The number of aromatic nitrogens is 6. The van der Waals surface area contributed by atoms with Gasteiger partial charge < -0.3 is 9.64 Å². The SMILES string of the molecule is Cc1cccc(-c2ncc3c(n2)N(c2ccnc4[nH]ncc24)CCO3)n1. The van der Waals surface area contributed by atoms with E-state index < -0.39 is 0 Å². The van der Waals surface area contributed by atoms with Crippen LogP contribution in [0.3, 0.4) is 0 Å². The number of ether oxygens (including phenoxy) is 1. The maximum absolute atomic E-state index is 5.76. The molecule has 0 aromatic carbocycles.